The fraction of sp³-hybridized carbons (Fsp3) is 0. The van der Waals surface area contributed by atoms with Crippen LogP contribution in [0.5, 0.6) is 0 Å². The minimum atomic E-state index is -0.526. The van der Waals surface area contributed by atoms with Crippen LogP contribution in [0.4, 0.5) is 0 Å². The fourth-order valence-electron chi connectivity index (χ4n) is 7.51. The number of nitrogens with zero attached hydrogens (tertiary/aromatic N) is 3. The second-order valence-corrected chi connectivity index (χ2v) is 13.7. The molecule has 0 amide bonds. The molecular weight excluding hydrogens is 695 g/mol. The van der Waals surface area contributed by atoms with Crippen LogP contribution in [0, 0.1) is 0 Å². The van der Waals surface area contributed by atoms with Gasteiger partial charge < -0.3 is 4.42 Å². The zero-order valence-electron chi connectivity index (χ0n) is 39.1. The highest BCUT2D eigenvalue weighted by atomic mass is 16.3. The van der Waals surface area contributed by atoms with Crippen molar-refractivity contribution in [2.75, 3.05) is 0 Å². The average molecular weight is 737 g/mol. The van der Waals surface area contributed by atoms with Crippen LogP contribution in [0.3, 0.4) is 0 Å². The molecule has 0 spiro atoms. The molecule has 0 saturated heterocycles. The van der Waals surface area contributed by atoms with E-state index in [9.17, 15) is 1.37 Å². The number of hydrogen-bond donors (Lipinski definition) is 0. The maximum Gasteiger partial charge on any atom is 0.164 e. The zero-order valence-corrected chi connectivity index (χ0v) is 30.1. The van der Waals surface area contributed by atoms with Crippen LogP contribution in [0.2, 0.25) is 0 Å². The Morgan fingerprint density at radius 1 is 0.351 bits per heavy atom. The average Bonchev–Trinajstić information content (AvgIpc) is 3.73. The van der Waals surface area contributed by atoms with Gasteiger partial charge in [0.1, 0.15) is 11.2 Å². The molecule has 0 atom stereocenters. The second kappa shape index (κ2) is 13.6. The van der Waals surface area contributed by atoms with Gasteiger partial charge in [0.05, 0.1) is 12.3 Å². The molecule has 2 aromatic heterocycles. The minimum absolute atomic E-state index is 0.00142. The number of furan rings is 1. The number of aromatic nitrogens is 3. The van der Waals surface area contributed by atoms with Crippen molar-refractivity contribution in [2.45, 2.75) is 0 Å². The summed E-state index contributed by atoms with van der Waals surface area (Å²) >= 11 is 0. The van der Waals surface area contributed by atoms with Gasteiger partial charge in [0.15, 0.2) is 17.5 Å². The molecule has 0 bridgehead atoms. The van der Waals surface area contributed by atoms with E-state index in [1.165, 1.54) is 6.07 Å². The molecule has 4 nitrogen and oxygen atoms in total. The monoisotopic (exact) mass is 736 g/mol. The topological polar surface area (TPSA) is 51.8 Å². The van der Waals surface area contributed by atoms with Crippen molar-refractivity contribution < 1.29 is 16.8 Å². The molecule has 0 fully saturated rings. The lowest BCUT2D eigenvalue weighted by Crippen LogP contribution is -2.01. The number of hydrogen-bond acceptors (Lipinski definition) is 4. The predicted molar refractivity (Wildman–Crippen MR) is 235 cm³/mol. The maximum absolute atomic E-state index is 9.22. The van der Waals surface area contributed by atoms with Crippen LogP contribution in [-0.2, 0) is 0 Å². The molecule has 0 aliphatic rings. The van der Waals surface area contributed by atoms with E-state index >= 15 is 0 Å². The van der Waals surface area contributed by atoms with Crippen LogP contribution < -0.4 is 0 Å². The van der Waals surface area contributed by atoms with E-state index in [2.05, 4.69) is 6.07 Å². The molecule has 4 heteroatoms. The molecule has 11 rings (SSSR count). The first-order chi connectivity index (χ1) is 31.9. The predicted octanol–water partition coefficient (Wildman–Crippen LogP) is 14.1. The molecule has 0 unspecified atom stereocenters. The first-order valence-corrected chi connectivity index (χ1v) is 18.4. The lowest BCUT2D eigenvalue weighted by Gasteiger charge is -2.13. The zero-order chi connectivity index (χ0) is 45.5. The highest BCUT2D eigenvalue weighted by Crippen LogP contribution is 2.40. The van der Waals surface area contributed by atoms with Crippen LogP contribution in [0.1, 0.15) is 12.3 Å². The van der Waals surface area contributed by atoms with Crippen molar-refractivity contribution in [3.8, 4) is 67.5 Å². The van der Waals surface area contributed by atoms with Gasteiger partial charge in [-0.05, 0) is 97.3 Å². The first kappa shape index (κ1) is 24.7. The Morgan fingerprint density at radius 3 is 1.82 bits per heavy atom. The Morgan fingerprint density at radius 2 is 1.02 bits per heavy atom. The van der Waals surface area contributed by atoms with Crippen LogP contribution in [-0.4, -0.2) is 15.0 Å². The lowest BCUT2D eigenvalue weighted by molar-refractivity contribution is 0.669. The highest BCUT2D eigenvalue weighted by molar-refractivity contribution is 6.14. The van der Waals surface area contributed by atoms with E-state index in [1.54, 1.807) is 0 Å². The van der Waals surface area contributed by atoms with Crippen molar-refractivity contribution in [1.82, 2.24) is 15.0 Å². The summed E-state index contributed by atoms with van der Waals surface area (Å²) in [6, 6.07) is 43.4. The Kier molecular flexibility index (Phi) is 5.87. The summed E-state index contributed by atoms with van der Waals surface area (Å²) in [7, 11) is 0. The van der Waals surface area contributed by atoms with E-state index in [0.29, 0.717) is 38.6 Å². The molecule has 0 saturated carbocycles. The largest absolute Gasteiger partial charge is 0.456 e. The fourth-order valence-corrected chi connectivity index (χ4v) is 7.51. The van der Waals surface area contributed by atoms with Gasteiger partial charge in [-0.3, -0.25) is 0 Å². The van der Waals surface area contributed by atoms with Gasteiger partial charge in [-0.25, -0.2) is 15.0 Å². The number of benzene rings is 9. The van der Waals surface area contributed by atoms with E-state index in [-0.39, 0.29) is 58.4 Å². The Balaban J connectivity index is 1.13. The van der Waals surface area contributed by atoms with Crippen LogP contribution in [0.25, 0.3) is 111 Å². The van der Waals surface area contributed by atoms with Crippen molar-refractivity contribution in [3.63, 3.8) is 0 Å². The van der Waals surface area contributed by atoms with E-state index < -0.39 is 30.2 Å². The molecule has 0 N–H and O–H groups in total. The van der Waals surface area contributed by atoms with Crippen molar-refractivity contribution in [1.29, 1.82) is 0 Å². The molecule has 9 aromatic carbocycles. The third kappa shape index (κ3) is 5.92. The third-order valence-electron chi connectivity index (χ3n) is 10.3. The van der Waals surface area contributed by atoms with Gasteiger partial charge in [-0.1, -0.05) is 158 Å². The Labute approximate surface area is 342 Å². The summed E-state index contributed by atoms with van der Waals surface area (Å²) in [6.07, 6.45) is 0. The quantitative estimate of drug-likeness (QED) is 0.171. The van der Waals surface area contributed by atoms with E-state index in [1.807, 2.05) is 133 Å². The SMILES string of the molecule is [2H]c1cc([2H])c2oc3c([2H])c([2H])c(-c4ccccc4)cc3c2c1-c1ccc2ccc(-c3nc(-c4c([2H])c([2H])c([2H])c([2H])c4[2H])nc(-c4cc(-c5ccccc5)cc5ccccc45)n3)cc2c1. The van der Waals surface area contributed by atoms with E-state index in [4.69, 9.17) is 30.3 Å². The molecule has 0 aliphatic heterocycles. The van der Waals surface area contributed by atoms with Crippen molar-refractivity contribution >= 4 is 43.5 Å². The second-order valence-electron chi connectivity index (χ2n) is 13.7. The molecule has 57 heavy (non-hydrogen) atoms. The van der Waals surface area contributed by atoms with Gasteiger partial charge in [-0.15, -0.1) is 0 Å². The van der Waals surface area contributed by atoms with Crippen LogP contribution >= 0.6 is 0 Å². The van der Waals surface area contributed by atoms with Gasteiger partial charge >= 0.3 is 0 Å². The lowest BCUT2D eigenvalue weighted by atomic mass is 9.95. The summed E-state index contributed by atoms with van der Waals surface area (Å²) in [5.74, 6) is 0.361. The minimum Gasteiger partial charge on any atom is -0.456 e. The van der Waals surface area contributed by atoms with Gasteiger partial charge in [0, 0.05) is 27.5 Å². The smallest absolute Gasteiger partial charge is 0.164 e. The van der Waals surface area contributed by atoms with E-state index in [0.717, 1.165) is 38.2 Å². The normalized spacial score (nSPS) is 13.7. The standard InChI is InChI=1S/C53H33N3O/c1-4-13-34(14-5-1)38-27-28-48-47(32-38)50-45(21-12-22-49(50)57-48)40-25-23-36-24-26-41(31-42(36)30-40)52-54-51(37-17-8-3-9-18-37)55-53(56-52)46-33-43(35-15-6-2-7-16-35)29-39-19-10-11-20-44(39)46/h1-33H/i3D,8D,9D,17D,18D,21D,22D,27D,28D. The van der Waals surface area contributed by atoms with Crippen molar-refractivity contribution in [2.24, 2.45) is 0 Å². The molecule has 0 aliphatic carbocycles. The van der Waals surface area contributed by atoms with Crippen LogP contribution in [0.15, 0.2) is 204 Å². The molecular formula is C53H33N3O. The Hall–Kier alpha value is -7.69. The Bertz CT molecular complexity index is 3790. The summed E-state index contributed by atoms with van der Waals surface area (Å²) in [5, 5.41) is 4.42. The van der Waals surface area contributed by atoms with Gasteiger partial charge in [0.2, 0.25) is 0 Å². The maximum atomic E-state index is 9.22. The molecule has 2 heterocycles. The summed E-state index contributed by atoms with van der Waals surface area (Å²) in [5.41, 5.74) is 5.77. The summed E-state index contributed by atoms with van der Waals surface area (Å²) in [4.78, 5) is 14.8. The first-order valence-electron chi connectivity index (χ1n) is 22.9. The summed E-state index contributed by atoms with van der Waals surface area (Å²) < 4.78 is 85.1. The third-order valence-corrected chi connectivity index (χ3v) is 10.3. The van der Waals surface area contributed by atoms with Crippen molar-refractivity contribution in [3.05, 3.63) is 200 Å². The molecule has 11 aromatic rings. The number of fused-ring (bicyclic) bond motifs is 5. The molecule has 266 valence electrons. The van der Waals surface area contributed by atoms with Gasteiger partial charge in [-0.2, -0.15) is 0 Å². The molecule has 0 radical (unpaired) electrons. The van der Waals surface area contributed by atoms with Gasteiger partial charge in [0.25, 0.3) is 0 Å². The summed E-state index contributed by atoms with van der Waals surface area (Å²) in [6.45, 7) is 0. The number of rotatable bonds is 6. The highest BCUT2D eigenvalue weighted by Gasteiger charge is 2.18.